The average molecular weight is 247 g/mol. The molecule has 6 heteroatoms. The van der Waals surface area contributed by atoms with Gasteiger partial charge >= 0.3 is 5.97 Å². The smallest absolute Gasteiger partial charge is 0.330 e. The summed E-state index contributed by atoms with van der Waals surface area (Å²) in [5.41, 5.74) is 0.438. The van der Waals surface area contributed by atoms with E-state index in [0.29, 0.717) is 24.5 Å². The zero-order valence-corrected chi connectivity index (χ0v) is 10.00. The van der Waals surface area contributed by atoms with E-state index >= 15 is 0 Å². The number of morpholine rings is 1. The third-order valence-corrected chi connectivity index (χ3v) is 2.78. The molecule has 0 spiro atoms. The highest BCUT2D eigenvalue weighted by Gasteiger charge is 2.32. The first-order valence-electron chi connectivity index (χ1n) is 5.55. The first kappa shape index (κ1) is 12.3. The Hall–Kier alpha value is -2.13. The van der Waals surface area contributed by atoms with Crippen LogP contribution in [0.25, 0.3) is 0 Å². The summed E-state index contributed by atoms with van der Waals surface area (Å²) in [5, 5.41) is 9.07. The van der Waals surface area contributed by atoms with Crippen molar-refractivity contribution in [3.05, 3.63) is 23.9 Å². The molecule has 18 heavy (non-hydrogen) atoms. The van der Waals surface area contributed by atoms with Crippen LogP contribution in [0.3, 0.4) is 0 Å². The summed E-state index contributed by atoms with van der Waals surface area (Å²) in [7, 11) is 1.33. The molecule has 1 aromatic rings. The SMILES string of the molecule is COC(=O)C1COCCN1c1ncccc1C#N. The number of ether oxygens (including phenoxy) is 2. The van der Waals surface area contributed by atoms with Gasteiger partial charge in [0, 0.05) is 12.7 Å². The van der Waals surface area contributed by atoms with Gasteiger partial charge in [-0.1, -0.05) is 0 Å². The molecule has 0 saturated carbocycles. The molecule has 1 saturated heterocycles. The Morgan fingerprint density at radius 2 is 2.56 bits per heavy atom. The third kappa shape index (κ3) is 2.26. The number of methoxy groups -OCH3 is 1. The lowest BCUT2D eigenvalue weighted by molar-refractivity contribution is -0.144. The minimum Gasteiger partial charge on any atom is -0.467 e. The number of carbonyl (C=O) groups is 1. The number of esters is 1. The van der Waals surface area contributed by atoms with Gasteiger partial charge < -0.3 is 14.4 Å². The van der Waals surface area contributed by atoms with E-state index < -0.39 is 6.04 Å². The van der Waals surface area contributed by atoms with Gasteiger partial charge in [0.05, 0.1) is 25.9 Å². The zero-order chi connectivity index (χ0) is 13.0. The van der Waals surface area contributed by atoms with E-state index in [2.05, 4.69) is 11.1 Å². The van der Waals surface area contributed by atoms with Gasteiger partial charge in [-0.15, -0.1) is 0 Å². The standard InChI is InChI=1S/C12H13N3O3/c1-17-12(16)10-8-18-6-5-15(10)11-9(7-13)3-2-4-14-11/h2-4,10H,5-6,8H2,1H3. The number of nitrogens with zero attached hydrogens (tertiary/aromatic N) is 3. The number of aromatic nitrogens is 1. The normalized spacial score (nSPS) is 19.1. The van der Waals surface area contributed by atoms with Crippen molar-refractivity contribution in [2.75, 3.05) is 31.8 Å². The molecule has 1 atom stereocenters. The van der Waals surface area contributed by atoms with Crippen LogP contribution in [0.1, 0.15) is 5.56 Å². The Labute approximate surface area is 105 Å². The first-order valence-corrected chi connectivity index (χ1v) is 5.55. The molecule has 0 N–H and O–H groups in total. The van der Waals surface area contributed by atoms with Crippen LogP contribution in [0.4, 0.5) is 5.82 Å². The van der Waals surface area contributed by atoms with Crippen LogP contribution in [0.2, 0.25) is 0 Å². The number of hydrogen-bond donors (Lipinski definition) is 0. The first-order chi connectivity index (χ1) is 8.77. The second-order valence-electron chi connectivity index (χ2n) is 3.79. The van der Waals surface area contributed by atoms with Gasteiger partial charge in [-0.05, 0) is 12.1 Å². The molecule has 0 radical (unpaired) electrons. The highest BCUT2D eigenvalue weighted by Crippen LogP contribution is 2.21. The van der Waals surface area contributed by atoms with E-state index in [4.69, 9.17) is 14.7 Å². The molecular formula is C12H13N3O3. The Balaban J connectivity index is 2.34. The summed E-state index contributed by atoms with van der Waals surface area (Å²) in [6, 6.07) is 4.89. The van der Waals surface area contributed by atoms with Gasteiger partial charge in [0.1, 0.15) is 11.9 Å². The van der Waals surface area contributed by atoms with Crippen molar-refractivity contribution < 1.29 is 14.3 Å². The van der Waals surface area contributed by atoms with Crippen molar-refractivity contribution in [1.29, 1.82) is 5.26 Å². The minimum absolute atomic E-state index is 0.244. The Bertz CT molecular complexity index is 484. The molecule has 0 amide bonds. The summed E-state index contributed by atoms with van der Waals surface area (Å²) < 4.78 is 10.0. The second-order valence-corrected chi connectivity index (χ2v) is 3.79. The number of anilines is 1. The van der Waals surface area contributed by atoms with Gasteiger partial charge in [-0.2, -0.15) is 5.26 Å². The predicted octanol–water partition coefficient (Wildman–Crippen LogP) is 0.331. The number of nitriles is 1. The van der Waals surface area contributed by atoms with Crippen molar-refractivity contribution >= 4 is 11.8 Å². The van der Waals surface area contributed by atoms with Crippen LogP contribution in [0.5, 0.6) is 0 Å². The van der Waals surface area contributed by atoms with E-state index in [1.807, 2.05) is 0 Å². The number of pyridine rings is 1. The molecule has 1 aliphatic rings. The number of carbonyl (C=O) groups excluding carboxylic acids is 1. The molecule has 1 aliphatic heterocycles. The molecule has 1 aromatic heterocycles. The Morgan fingerprint density at radius 3 is 3.28 bits per heavy atom. The average Bonchev–Trinajstić information content (AvgIpc) is 2.46. The molecule has 6 nitrogen and oxygen atoms in total. The minimum atomic E-state index is -0.550. The summed E-state index contributed by atoms with van der Waals surface area (Å²) in [6.45, 7) is 1.24. The van der Waals surface area contributed by atoms with Crippen LogP contribution in [-0.4, -0.2) is 43.9 Å². The monoisotopic (exact) mass is 247 g/mol. The summed E-state index contributed by atoms with van der Waals surface area (Å²) in [4.78, 5) is 17.6. The quantitative estimate of drug-likeness (QED) is 0.701. The largest absolute Gasteiger partial charge is 0.467 e. The lowest BCUT2D eigenvalue weighted by atomic mass is 10.2. The van der Waals surface area contributed by atoms with E-state index in [0.717, 1.165) is 0 Å². The van der Waals surface area contributed by atoms with Gasteiger partial charge in [-0.25, -0.2) is 9.78 Å². The molecule has 2 rings (SSSR count). The van der Waals surface area contributed by atoms with Crippen LogP contribution in [0.15, 0.2) is 18.3 Å². The van der Waals surface area contributed by atoms with Crippen molar-refractivity contribution in [3.8, 4) is 6.07 Å². The molecule has 1 fully saturated rings. The molecule has 0 bridgehead atoms. The summed E-state index contributed by atoms with van der Waals surface area (Å²) in [6.07, 6.45) is 1.60. The van der Waals surface area contributed by atoms with Crippen molar-refractivity contribution in [2.45, 2.75) is 6.04 Å². The lowest BCUT2D eigenvalue weighted by Crippen LogP contribution is -2.51. The van der Waals surface area contributed by atoms with Crippen LogP contribution in [-0.2, 0) is 14.3 Å². The second kappa shape index (κ2) is 5.47. The zero-order valence-electron chi connectivity index (χ0n) is 10.00. The molecule has 94 valence electrons. The van der Waals surface area contributed by atoms with Crippen LogP contribution in [0, 0.1) is 11.3 Å². The predicted molar refractivity (Wildman–Crippen MR) is 62.9 cm³/mol. The maximum atomic E-state index is 11.7. The fourth-order valence-corrected chi connectivity index (χ4v) is 1.90. The topological polar surface area (TPSA) is 75.5 Å². The van der Waals surface area contributed by atoms with Gasteiger partial charge in [0.15, 0.2) is 6.04 Å². The maximum Gasteiger partial charge on any atom is 0.330 e. The Kier molecular flexibility index (Phi) is 3.75. The van der Waals surface area contributed by atoms with E-state index in [1.54, 1.807) is 23.2 Å². The fourth-order valence-electron chi connectivity index (χ4n) is 1.90. The van der Waals surface area contributed by atoms with Crippen LogP contribution >= 0.6 is 0 Å². The summed E-state index contributed by atoms with van der Waals surface area (Å²) >= 11 is 0. The maximum absolute atomic E-state index is 11.7. The van der Waals surface area contributed by atoms with Gasteiger partial charge in [0.2, 0.25) is 0 Å². The Morgan fingerprint density at radius 1 is 1.72 bits per heavy atom. The van der Waals surface area contributed by atoms with Gasteiger partial charge in [-0.3, -0.25) is 0 Å². The lowest BCUT2D eigenvalue weighted by Gasteiger charge is -2.34. The highest BCUT2D eigenvalue weighted by molar-refractivity contribution is 5.80. The number of hydrogen-bond acceptors (Lipinski definition) is 6. The van der Waals surface area contributed by atoms with Crippen molar-refractivity contribution in [1.82, 2.24) is 4.98 Å². The molecular weight excluding hydrogens is 234 g/mol. The van der Waals surface area contributed by atoms with Crippen LogP contribution < -0.4 is 4.90 Å². The molecule has 0 aromatic carbocycles. The third-order valence-electron chi connectivity index (χ3n) is 2.78. The summed E-state index contributed by atoms with van der Waals surface area (Å²) in [5.74, 6) is 0.114. The van der Waals surface area contributed by atoms with Crippen molar-refractivity contribution in [3.63, 3.8) is 0 Å². The molecule has 2 heterocycles. The van der Waals surface area contributed by atoms with E-state index in [9.17, 15) is 4.79 Å². The molecule has 0 aliphatic carbocycles. The van der Waals surface area contributed by atoms with E-state index in [-0.39, 0.29) is 12.6 Å². The highest BCUT2D eigenvalue weighted by atomic mass is 16.5. The number of rotatable bonds is 2. The molecule has 1 unspecified atom stereocenters. The van der Waals surface area contributed by atoms with E-state index in [1.165, 1.54) is 7.11 Å². The fraction of sp³-hybridized carbons (Fsp3) is 0.417. The van der Waals surface area contributed by atoms with Gasteiger partial charge in [0.25, 0.3) is 0 Å². The van der Waals surface area contributed by atoms with Crippen molar-refractivity contribution in [2.24, 2.45) is 0 Å².